The number of benzene rings is 7. The SMILES string of the molecule is c1ccc2oc3c(N4c5ccccc5C5=Cc6ccccc6CC54)ccc(-c4nc(-c5ccc6ccccc6c5)nc(-c5ccc6ccccc6c5)n4)c3c2c#1. The van der Waals surface area contributed by atoms with Gasteiger partial charge < -0.3 is 9.32 Å². The van der Waals surface area contributed by atoms with Gasteiger partial charge in [0.1, 0.15) is 5.58 Å². The quantitative estimate of drug-likeness (QED) is 0.182. The number of aromatic nitrogens is 3. The minimum Gasteiger partial charge on any atom is -0.453 e. The number of rotatable bonds is 4. The Labute approximate surface area is 322 Å². The van der Waals surface area contributed by atoms with Gasteiger partial charge in [0.2, 0.25) is 0 Å². The third-order valence-electron chi connectivity index (χ3n) is 11.4. The average molecular weight is 715 g/mol. The summed E-state index contributed by atoms with van der Waals surface area (Å²) in [6, 6.07) is 61.8. The van der Waals surface area contributed by atoms with Crippen LogP contribution in [0.5, 0.6) is 0 Å². The Balaban J connectivity index is 1.10. The smallest absolute Gasteiger partial charge is 0.164 e. The Morgan fingerprint density at radius 3 is 2.00 bits per heavy atom. The molecule has 0 radical (unpaired) electrons. The lowest BCUT2D eigenvalue weighted by atomic mass is 9.87. The van der Waals surface area contributed by atoms with E-state index in [1.165, 1.54) is 28.0 Å². The monoisotopic (exact) mass is 714 g/mol. The topological polar surface area (TPSA) is 55.1 Å². The minimum absolute atomic E-state index is 0.108. The van der Waals surface area contributed by atoms with Crippen molar-refractivity contribution >= 4 is 66.5 Å². The van der Waals surface area contributed by atoms with E-state index in [9.17, 15) is 0 Å². The molecule has 56 heavy (non-hydrogen) atoms. The molecule has 1 aliphatic carbocycles. The number of nitrogens with zero attached hydrogens (tertiary/aromatic N) is 4. The van der Waals surface area contributed by atoms with E-state index in [2.05, 4.69) is 169 Å². The number of anilines is 2. The van der Waals surface area contributed by atoms with Crippen molar-refractivity contribution in [1.29, 1.82) is 0 Å². The molecule has 1 aliphatic heterocycles. The van der Waals surface area contributed by atoms with Crippen LogP contribution in [0.3, 0.4) is 0 Å². The highest BCUT2D eigenvalue weighted by atomic mass is 16.3. The summed E-state index contributed by atoms with van der Waals surface area (Å²) >= 11 is 0. The van der Waals surface area contributed by atoms with Crippen LogP contribution in [0, 0.1) is 12.1 Å². The fourth-order valence-corrected chi connectivity index (χ4v) is 8.79. The number of hydrogen-bond donors (Lipinski definition) is 0. The standard InChI is InChI=1S/C51H30N4O/c1-3-13-33-27-37(23-21-31(33)11-1)49-52-50(38-24-22-32-12-2-4-14-34(32)28-38)54-51(53-49)41-25-26-44(48-47(41)40-18-8-10-20-46(40)56-48)55-43-19-9-7-17-39(43)42-29-35-15-5-6-16-36(35)30-45(42)55/h1-7,9-17,19-29,45H,30H2. The lowest BCUT2D eigenvalue weighted by molar-refractivity contribution is 0.665. The highest BCUT2D eigenvalue weighted by Gasteiger charge is 2.38. The van der Waals surface area contributed by atoms with Gasteiger partial charge in [-0.1, -0.05) is 127 Å². The normalized spacial score (nSPS) is 14.5. The fraction of sp³-hybridized carbons (Fsp3) is 0.0392. The lowest BCUT2D eigenvalue weighted by Crippen LogP contribution is -2.30. The summed E-state index contributed by atoms with van der Waals surface area (Å²) in [5.74, 6) is 1.78. The first kappa shape index (κ1) is 30.9. The molecule has 0 saturated carbocycles. The summed E-state index contributed by atoms with van der Waals surface area (Å²) in [7, 11) is 0. The maximum atomic E-state index is 6.86. The predicted molar refractivity (Wildman–Crippen MR) is 226 cm³/mol. The number of furan rings is 1. The molecule has 0 spiro atoms. The van der Waals surface area contributed by atoms with Gasteiger partial charge in [-0.15, -0.1) is 0 Å². The first-order chi connectivity index (χ1) is 27.7. The van der Waals surface area contributed by atoms with Crippen LogP contribution in [0.25, 0.3) is 89.3 Å². The van der Waals surface area contributed by atoms with Gasteiger partial charge in [0.15, 0.2) is 23.1 Å². The summed E-state index contributed by atoms with van der Waals surface area (Å²) in [6.07, 6.45) is 3.25. The molecule has 0 fully saturated rings. The van der Waals surface area contributed by atoms with Crippen LogP contribution in [0.1, 0.15) is 16.7 Å². The Morgan fingerprint density at radius 2 is 1.23 bits per heavy atom. The molecule has 0 saturated heterocycles. The van der Waals surface area contributed by atoms with E-state index in [0.717, 1.165) is 72.3 Å². The molecule has 10 aromatic rings. The third kappa shape index (κ3) is 4.73. The van der Waals surface area contributed by atoms with Crippen molar-refractivity contribution in [1.82, 2.24) is 15.0 Å². The number of para-hydroxylation sites is 1. The summed E-state index contributed by atoms with van der Waals surface area (Å²) in [4.78, 5) is 18.1. The van der Waals surface area contributed by atoms with Gasteiger partial charge in [0.05, 0.1) is 17.1 Å². The summed E-state index contributed by atoms with van der Waals surface area (Å²) in [6.45, 7) is 0. The zero-order valence-corrected chi connectivity index (χ0v) is 30.1. The largest absolute Gasteiger partial charge is 0.453 e. The van der Waals surface area contributed by atoms with Crippen molar-refractivity contribution in [2.45, 2.75) is 12.5 Å². The maximum Gasteiger partial charge on any atom is 0.164 e. The van der Waals surface area contributed by atoms with Crippen LogP contribution >= 0.6 is 0 Å². The third-order valence-corrected chi connectivity index (χ3v) is 11.4. The summed E-state index contributed by atoms with van der Waals surface area (Å²) in [5.41, 5.74) is 11.5. The summed E-state index contributed by atoms with van der Waals surface area (Å²) < 4.78 is 6.86. The van der Waals surface area contributed by atoms with Crippen molar-refractivity contribution in [3.8, 4) is 34.2 Å². The highest BCUT2D eigenvalue weighted by Crippen LogP contribution is 2.52. The lowest BCUT2D eigenvalue weighted by Gasteiger charge is -2.31. The second kappa shape index (κ2) is 12.0. The van der Waals surface area contributed by atoms with Gasteiger partial charge in [-0.2, -0.15) is 0 Å². The molecule has 5 nitrogen and oxygen atoms in total. The van der Waals surface area contributed by atoms with Crippen LogP contribution in [0.4, 0.5) is 11.4 Å². The van der Waals surface area contributed by atoms with Crippen LogP contribution in [-0.4, -0.2) is 21.0 Å². The molecule has 0 bridgehead atoms. The van der Waals surface area contributed by atoms with Gasteiger partial charge >= 0.3 is 0 Å². The molecular formula is C51H30N4O. The van der Waals surface area contributed by atoms with Crippen molar-refractivity contribution in [3.05, 3.63) is 187 Å². The predicted octanol–water partition coefficient (Wildman–Crippen LogP) is 12.3. The minimum atomic E-state index is 0.108. The van der Waals surface area contributed by atoms with Gasteiger partial charge in [0.25, 0.3) is 0 Å². The van der Waals surface area contributed by atoms with E-state index >= 15 is 0 Å². The van der Waals surface area contributed by atoms with Crippen molar-refractivity contribution in [2.24, 2.45) is 0 Å². The highest BCUT2D eigenvalue weighted by molar-refractivity contribution is 6.16. The fourth-order valence-electron chi connectivity index (χ4n) is 8.79. The Hall–Kier alpha value is -7.55. The number of fused-ring (bicyclic) bond motifs is 9. The van der Waals surface area contributed by atoms with Gasteiger partial charge in [-0.05, 0) is 93.2 Å². The zero-order chi connectivity index (χ0) is 36.7. The van der Waals surface area contributed by atoms with E-state index in [4.69, 9.17) is 19.4 Å². The van der Waals surface area contributed by atoms with Crippen molar-refractivity contribution in [3.63, 3.8) is 0 Å². The molecule has 2 aromatic heterocycles. The molecule has 8 aromatic carbocycles. The van der Waals surface area contributed by atoms with Crippen molar-refractivity contribution in [2.75, 3.05) is 4.90 Å². The van der Waals surface area contributed by atoms with Gasteiger partial charge in [-0.25, -0.2) is 15.0 Å². The molecule has 12 rings (SSSR count). The molecule has 1 atom stereocenters. The molecular weight excluding hydrogens is 685 g/mol. The zero-order valence-electron chi connectivity index (χ0n) is 30.1. The second-order valence-corrected chi connectivity index (χ2v) is 14.6. The Morgan fingerprint density at radius 1 is 0.571 bits per heavy atom. The van der Waals surface area contributed by atoms with Crippen LogP contribution in [-0.2, 0) is 6.42 Å². The molecule has 0 amide bonds. The van der Waals surface area contributed by atoms with E-state index < -0.39 is 0 Å². The first-order valence-electron chi connectivity index (χ1n) is 18.9. The first-order valence-corrected chi connectivity index (χ1v) is 18.9. The number of hydrogen-bond acceptors (Lipinski definition) is 5. The van der Waals surface area contributed by atoms with Crippen molar-refractivity contribution < 1.29 is 4.42 Å². The van der Waals surface area contributed by atoms with E-state index in [1.807, 2.05) is 12.1 Å². The Bertz CT molecular complexity index is 3170. The molecule has 260 valence electrons. The second-order valence-electron chi connectivity index (χ2n) is 14.6. The Kier molecular flexibility index (Phi) is 6.60. The molecule has 3 heterocycles. The van der Waals surface area contributed by atoms with Gasteiger partial charge in [-0.3, -0.25) is 0 Å². The van der Waals surface area contributed by atoms with Crippen LogP contribution in [0.15, 0.2) is 162 Å². The molecule has 5 heteroatoms. The molecule has 1 unspecified atom stereocenters. The van der Waals surface area contributed by atoms with E-state index in [0.29, 0.717) is 17.5 Å². The van der Waals surface area contributed by atoms with Crippen LogP contribution in [0.2, 0.25) is 0 Å². The van der Waals surface area contributed by atoms with E-state index in [-0.39, 0.29) is 6.04 Å². The molecule has 2 aliphatic rings. The average Bonchev–Trinajstić information content (AvgIpc) is 3.81. The molecule has 0 N–H and O–H groups in total. The van der Waals surface area contributed by atoms with E-state index in [1.54, 1.807) is 0 Å². The van der Waals surface area contributed by atoms with Gasteiger partial charge in [0, 0.05) is 33.3 Å². The van der Waals surface area contributed by atoms with Crippen LogP contribution < -0.4 is 4.90 Å². The maximum absolute atomic E-state index is 6.86. The summed E-state index contributed by atoms with van der Waals surface area (Å²) in [5, 5.41) is 6.33.